The highest BCUT2D eigenvalue weighted by atomic mass is 19.1. The molecule has 0 atom stereocenters. The molecule has 2 aromatic rings. The topological polar surface area (TPSA) is 67.5 Å². The number of nitrogens with one attached hydrogen (secondary N) is 1. The maximum Gasteiger partial charge on any atom is 0.255 e. The largest absolute Gasteiger partial charge is 0.387 e. The quantitative estimate of drug-likeness (QED) is 0.665. The first-order valence-electron chi connectivity index (χ1n) is 6.02. The van der Waals surface area contributed by atoms with Gasteiger partial charge < -0.3 is 11.1 Å². The number of halogens is 1. The molecule has 0 bridgehead atoms. The van der Waals surface area contributed by atoms with Gasteiger partial charge in [-0.1, -0.05) is 0 Å². The fourth-order valence-electron chi connectivity index (χ4n) is 1.63. The molecular weight excluding hydrogens is 257 g/mol. The van der Waals surface area contributed by atoms with Gasteiger partial charge in [-0.05, 0) is 55.5 Å². The maximum absolute atomic E-state index is 12.8. The third-order valence-corrected chi connectivity index (χ3v) is 2.54. The number of aliphatic imine (C=N–C) groups is 1. The second-order valence-electron chi connectivity index (χ2n) is 4.26. The van der Waals surface area contributed by atoms with Crippen LogP contribution in [0.4, 0.5) is 15.8 Å². The summed E-state index contributed by atoms with van der Waals surface area (Å²) in [6.45, 7) is 1.69. The Labute approximate surface area is 116 Å². The lowest BCUT2D eigenvalue weighted by molar-refractivity contribution is 0.102. The molecule has 20 heavy (non-hydrogen) atoms. The summed E-state index contributed by atoms with van der Waals surface area (Å²) in [5.74, 6) is -0.160. The molecule has 0 saturated carbocycles. The van der Waals surface area contributed by atoms with E-state index in [9.17, 15) is 9.18 Å². The van der Waals surface area contributed by atoms with Crippen LogP contribution in [0.15, 0.2) is 53.5 Å². The van der Waals surface area contributed by atoms with E-state index < -0.39 is 0 Å². The highest BCUT2D eigenvalue weighted by molar-refractivity contribution is 6.04. The van der Waals surface area contributed by atoms with E-state index in [2.05, 4.69) is 10.3 Å². The molecule has 1 amide bonds. The third kappa shape index (κ3) is 3.65. The predicted octanol–water partition coefficient (Wildman–Crippen LogP) is 3.09. The standard InChI is InChI=1S/C15H14FN3O/c1-10(17)18-13-6-2-11(3-7-13)15(20)19-14-8-4-12(16)5-9-14/h2-9H,1H3,(H2,17,18)(H,19,20). The Bertz CT molecular complexity index is 629. The van der Waals surface area contributed by atoms with Crippen LogP contribution in [-0.2, 0) is 0 Å². The van der Waals surface area contributed by atoms with Gasteiger partial charge >= 0.3 is 0 Å². The summed E-state index contributed by atoms with van der Waals surface area (Å²) in [5, 5.41) is 2.68. The molecule has 0 aromatic heterocycles. The number of hydrogen-bond acceptors (Lipinski definition) is 2. The summed E-state index contributed by atoms with van der Waals surface area (Å²) in [6, 6.07) is 12.3. The van der Waals surface area contributed by atoms with Gasteiger partial charge in [0.15, 0.2) is 0 Å². The molecule has 4 nitrogen and oxygen atoms in total. The number of carbonyl (C=O) groups excluding carboxylic acids is 1. The van der Waals surface area contributed by atoms with E-state index in [1.54, 1.807) is 31.2 Å². The van der Waals surface area contributed by atoms with Gasteiger partial charge in [0.25, 0.3) is 5.91 Å². The van der Waals surface area contributed by atoms with Gasteiger partial charge in [-0.25, -0.2) is 9.38 Å². The Morgan fingerprint density at radius 3 is 2.25 bits per heavy atom. The molecular formula is C15H14FN3O. The number of hydrogen-bond donors (Lipinski definition) is 2. The Balaban J connectivity index is 2.09. The molecule has 0 heterocycles. The summed E-state index contributed by atoms with van der Waals surface area (Å²) in [5.41, 5.74) is 7.19. The first kappa shape index (κ1) is 13.7. The summed E-state index contributed by atoms with van der Waals surface area (Å²) < 4.78 is 12.8. The van der Waals surface area contributed by atoms with Gasteiger partial charge in [0, 0.05) is 11.3 Å². The minimum atomic E-state index is -0.345. The van der Waals surface area contributed by atoms with Crippen LogP contribution in [-0.4, -0.2) is 11.7 Å². The van der Waals surface area contributed by atoms with Crippen molar-refractivity contribution in [3.05, 3.63) is 59.9 Å². The number of carbonyl (C=O) groups is 1. The minimum Gasteiger partial charge on any atom is -0.387 e. The van der Waals surface area contributed by atoms with Gasteiger partial charge in [-0.15, -0.1) is 0 Å². The van der Waals surface area contributed by atoms with Gasteiger partial charge in [0.2, 0.25) is 0 Å². The van der Waals surface area contributed by atoms with Gasteiger partial charge in [-0.3, -0.25) is 4.79 Å². The Morgan fingerprint density at radius 1 is 1.10 bits per heavy atom. The Morgan fingerprint density at radius 2 is 1.70 bits per heavy atom. The van der Waals surface area contributed by atoms with Crippen molar-refractivity contribution in [3.8, 4) is 0 Å². The maximum atomic E-state index is 12.8. The highest BCUT2D eigenvalue weighted by Crippen LogP contribution is 2.15. The fraction of sp³-hybridized carbons (Fsp3) is 0.0667. The van der Waals surface area contributed by atoms with Crippen molar-refractivity contribution >= 4 is 23.1 Å². The van der Waals surface area contributed by atoms with Crippen LogP contribution in [0.2, 0.25) is 0 Å². The summed E-state index contributed by atoms with van der Waals surface area (Å²) in [4.78, 5) is 16.0. The zero-order valence-corrected chi connectivity index (χ0v) is 10.9. The number of amidine groups is 1. The van der Waals surface area contributed by atoms with Crippen LogP contribution in [0.1, 0.15) is 17.3 Å². The van der Waals surface area contributed by atoms with E-state index in [-0.39, 0.29) is 11.7 Å². The van der Waals surface area contributed by atoms with Gasteiger partial charge in [-0.2, -0.15) is 0 Å². The molecule has 102 valence electrons. The monoisotopic (exact) mass is 271 g/mol. The molecule has 0 aliphatic carbocycles. The van der Waals surface area contributed by atoms with Crippen molar-refractivity contribution < 1.29 is 9.18 Å². The van der Waals surface area contributed by atoms with Crippen LogP contribution in [0, 0.1) is 5.82 Å². The molecule has 0 aliphatic rings. The molecule has 2 aromatic carbocycles. The second kappa shape index (κ2) is 5.97. The molecule has 0 spiro atoms. The van der Waals surface area contributed by atoms with Gasteiger partial charge in [0.05, 0.1) is 11.5 Å². The van der Waals surface area contributed by atoms with E-state index in [4.69, 9.17) is 5.73 Å². The van der Waals surface area contributed by atoms with Crippen LogP contribution in [0.3, 0.4) is 0 Å². The van der Waals surface area contributed by atoms with E-state index >= 15 is 0 Å². The van der Waals surface area contributed by atoms with E-state index in [0.29, 0.717) is 22.8 Å². The van der Waals surface area contributed by atoms with Crippen LogP contribution < -0.4 is 11.1 Å². The van der Waals surface area contributed by atoms with Crippen molar-refractivity contribution in [3.63, 3.8) is 0 Å². The summed E-state index contributed by atoms with van der Waals surface area (Å²) in [7, 11) is 0. The fourth-order valence-corrected chi connectivity index (χ4v) is 1.63. The minimum absolute atomic E-state index is 0.267. The number of nitrogens with two attached hydrogens (primary N) is 1. The number of amides is 1. The van der Waals surface area contributed by atoms with Crippen LogP contribution in [0.5, 0.6) is 0 Å². The smallest absolute Gasteiger partial charge is 0.255 e. The molecule has 0 saturated heterocycles. The van der Waals surface area contributed by atoms with Crippen LogP contribution in [0.25, 0.3) is 0 Å². The van der Waals surface area contributed by atoms with Gasteiger partial charge in [0.1, 0.15) is 5.82 Å². The van der Waals surface area contributed by atoms with Crippen LogP contribution >= 0.6 is 0 Å². The van der Waals surface area contributed by atoms with E-state index in [0.717, 1.165) is 0 Å². The molecule has 2 rings (SSSR count). The van der Waals surface area contributed by atoms with Crippen molar-refractivity contribution in [2.75, 3.05) is 5.32 Å². The number of anilines is 1. The van der Waals surface area contributed by atoms with E-state index in [1.165, 1.54) is 24.3 Å². The van der Waals surface area contributed by atoms with Crippen molar-refractivity contribution in [1.82, 2.24) is 0 Å². The molecule has 0 aliphatic heterocycles. The summed E-state index contributed by atoms with van der Waals surface area (Å²) in [6.07, 6.45) is 0. The average molecular weight is 271 g/mol. The molecule has 0 radical (unpaired) electrons. The SMILES string of the molecule is CC(N)=Nc1ccc(C(=O)Nc2ccc(F)cc2)cc1. The second-order valence-corrected chi connectivity index (χ2v) is 4.26. The molecule has 0 fully saturated rings. The lowest BCUT2D eigenvalue weighted by atomic mass is 10.2. The zero-order chi connectivity index (χ0) is 14.5. The molecule has 3 N–H and O–H groups in total. The average Bonchev–Trinajstić information content (AvgIpc) is 2.41. The van der Waals surface area contributed by atoms with Crippen molar-refractivity contribution in [2.24, 2.45) is 10.7 Å². The van der Waals surface area contributed by atoms with Crippen molar-refractivity contribution in [1.29, 1.82) is 0 Å². The summed E-state index contributed by atoms with van der Waals surface area (Å²) >= 11 is 0. The third-order valence-electron chi connectivity index (χ3n) is 2.54. The lowest BCUT2D eigenvalue weighted by Gasteiger charge is -2.05. The predicted molar refractivity (Wildman–Crippen MR) is 77.8 cm³/mol. The molecule has 0 unspecified atom stereocenters. The lowest BCUT2D eigenvalue weighted by Crippen LogP contribution is -2.11. The van der Waals surface area contributed by atoms with E-state index in [1.807, 2.05) is 0 Å². The van der Waals surface area contributed by atoms with Crippen molar-refractivity contribution in [2.45, 2.75) is 6.92 Å². The first-order valence-corrected chi connectivity index (χ1v) is 6.02. The highest BCUT2D eigenvalue weighted by Gasteiger charge is 2.05. The number of benzene rings is 2. The molecule has 5 heteroatoms. The number of rotatable bonds is 3. The normalized spacial score (nSPS) is 11.2. The zero-order valence-electron chi connectivity index (χ0n) is 10.9. The first-order chi connectivity index (χ1) is 9.54. The number of nitrogens with zero attached hydrogens (tertiary/aromatic N) is 1. The Hall–Kier alpha value is -2.69. The Kier molecular flexibility index (Phi) is 4.10.